The molecule has 2 rings (SSSR count). The molecule has 0 amide bonds. The molecule has 2 atom stereocenters. The minimum absolute atomic E-state index is 0.317. The Morgan fingerprint density at radius 1 is 0.741 bits per heavy atom. The summed E-state index contributed by atoms with van der Waals surface area (Å²) in [6.07, 6.45) is 4.19. The normalized spacial score (nSPS) is 11.8. The van der Waals surface area contributed by atoms with E-state index in [0.717, 1.165) is 0 Å². The molecule has 0 bridgehead atoms. The lowest BCUT2D eigenvalue weighted by atomic mass is 10.1. The second kappa shape index (κ2) is 9.44. The molecule has 0 aliphatic heterocycles. The third-order valence-corrected chi connectivity index (χ3v) is 3.79. The van der Waals surface area contributed by atoms with E-state index in [1.165, 1.54) is 48.5 Å². The van der Waals surface area contributed by atoms with Crippen LogP contribution in [-0.4, -0.2) is 9.85 Å². The molecule has 2 unspecified atom stereocenters. The zero-order valence-electron chi connectivity index (χ0n) is 13.5. The fraction of sp³-hybridized carbons (Fsp3) is 0.111. The molecule has 136 valence electrons. The van der Waals surface area contributed by atoms with Gasteiger partial charge in [0.1, 0.15) is 12.2 Å². The fourth-order valence-corrected chi connectivity index (χ4v) is 2.25. The minimum atomic E-state index is -1.34. The molecule has 0 aliphatic carbocycles. The average molecular weight is 405 g/mol. The van der Waals surface area contributed by atoms with E-state index in [1.54, 1.807) is 0 Å². The zero-order chi connectivity index (χ0) is 19.8. The number of ether oxygens (including phenoxy) is 1. The smallest absolute Gasteiger partial charge is 0.300 e. The predicted octanol–water partition coefficient (Wildman–Crippen LogP) is 4.27. The molecule has 9 heteroatoms. The van der Waals surface area contributed by atoms with Crippen molar-refractivity contribution in [1.29, 1.82) is 0 Å². The number of rotatable bonds is 4. The van der Waals surface area contributed by atoms with E-state index in [1.807, 2.05) is 0 Å². The van der Waals surface area contributed by atoms with Crippen LogP contribution in [0, 0.1) is 44.3 Å². The number of nitrogens with zero attached hydrogens (tertiary/aromatic N) is 2. The van der Waals surface area contributed by atoms with Crippen molar-refractivity contribution in [1.82, 2.24) is 0 Å². The van der Waals surface area contributed by atoms with Gasteiger partial charge in [0.2, 0.25) is 0 Å². The maximum atomic E-state index is 11.1. The van der Waals surface area contributed by atoms with Crippen molar-refractivity contribution in [2.24, 2.45) is 0 Å². The first-order valence-electron chi connectivity index (χ1n) is 7.33. The molecule has 0 aromatic heterocycles. The van der Waals surface area contributed by atoms with Crippen LogP contribution in [0.1, 0.15) is 23.2 Å². The highest BCUT2D eigenvalue weighted by Gasteiger charge is 2.21. The SMILES string of the molecule is O=[N+]([O-])C(C#COC#CC(c1ccc(Cl)cc1)[N+](=O)[O-])c1ccc(Cl)cc1. The molecule has 0 N–H and O–H groups in total. The van der Waals surface area contributed by atoms with Crippen LogP contribution in [0.2, 0.25) is 10.0 Å². The summed E-state index contributed by atoms with van der Waals surface area (Å²) in [4.78, 5) is 21.1. The van der Waals surface area contributed by atoms with E-state index >= 15 is 0 Å². The van der Waals surface area contributed by atoms with Gasteiger partial charge < -0.3 is 4.74 Å². The summed E-state index contributed by atoms with van der Waals surface area (Å²) in [6, 6.07) is 9.22. The van der Waals surface area contributed by atoms with Gasteiger partial charge in [0.25, 0.3) is 0 Å². The molecule has 0 fully saturated rings. The lowest BCUT2D eigenvalue weighted by Gasteiger charge is -2.02. The Kier molecular flexibility index (Phi) is 7.01. The van der Waals surface area contributed by atoms with Crippen molar-refractivity contribution in [2.45, 2.75) is 12.1 Å². The highest BCUT2D eigenvalue weighted by Crippen LogP contribution is 2.19. The van der Waals surface area contributed by atoms with Crippen molar-refractivity contribution in [3.63, 3.8) is 0 Å². The Hall–Kier alpha value is -3.26. The topological polar surface area (TPSA) is 95.5 Å². The van der Waals surface area contributed by atoms with Gasteiger partial charge in [-0.25, -0.2) is 0 Å². The summed E-state index contributed by atoms with van der Waals surface area (Å²) in [6.45, 7) is 0. The lowest BCUT2D eigenvalue weighted by molar-refractivity contribution is -0.512. The van der Waals surface area contributed by atoms with Crippen molar-refractivity contribution < 1.29 is 14.6 Å². The van der Waals surface area contributed by atoms with Gasteiger partial charge >= 0.3 is 12.1 Å². The Morgan fingerprint density at radius 2 is 1.07 bits per heavy atom. The van der Waals surface area contributed by atoms with Crippen LogP contribution in [-0.2, 0) is 4.74 Å². The largest absolute Gasteiger partial charge is 0.356 e. The first-order chi connectivity index (χ1) is 12.9. The van der Waals surface area contributed by atoms with Gasteiger partial charge in [-0.2, -0.15) is 0 Å². The predicted molar refractivity (Wildman–Crippen MR) is 99.0 cm³/mol. The maximum absolute atomic E-state index is 11.1. The molecule has 0 heterocycles. The van der Waals surface area contributed by atoms with Crippen LogP contribution in [0.15, 0.2) is 48.5 Å². The molecule has 27 heavy (non-hydrogen) atoms. The molecular weight excluding hydrogens is 395 g/mol. The van der Waals surface area contributed by atoms with Gasteiger partial charge in [-0.05, 0) is 48.5 Å². The van der Waals surface area contributed by atoms with E-state index in [4.69, 9.17) is 27.9 Å². The van der Waals surface area contributed by atoms with Gasteiger partial charge in [0.15, 0.2) is 0 Å². The average Bonchev–Trinajstić information content (AvgIpc) is 2.63. The van der Waals surface area contributed by atoms with Crippen LogP contribution in [0.4, 0.5) is 0 Å². The standard InChI is InChI=1S/C18H10Cl2N2O5/c19-15-5-1-13(2-6-15)17(21(23)24)9-11-27-12-10-18(22(25)26)14-3-7-16(20)8-4-14/h1-8,17-18H. The summed E-state index contributed by atoms with van der Waals surface area (Å²) in [5.74, 6) is 4.60. The Balaban J connectivity index is 2.12. The first kappa shape index (κ1) is 20.1. The second-order valence-electron chi connectivity index (χ2n) is 5.07. The molecule has 7 nitrogen and oxygen atoms in total. The third kappa shape index (κ3) is 5.89. The van der Waals surface area contributed by atoms with E-state index in [9.17, 15) is 20.2 Å². The van der Waals surface area contributed by atoms with Gasteiger partial charge in [-0.15, -0.1) is 0 Å². The highest BCUT2D eigenvalue weighted by molar-refractivity contribution is 6.30. The van der Waals surface area contributed by atoms with Gasteiger partial charge in [-0.3, -0.25) is 20.2 Å². The summed E-state index contributed by atoms with van der Waals surface area (Å²) >= 11 is 11.5. The summed E-state index contributed by atoms with van der Waals surface area (Å²) in [5, 5.41) is 23.1. The van der Waals surface area contributed by atoms with Gasteiger partial charge in [0, 0.05) is 42.9 Å². The lowest BCUT2D eigenvalue weighted by Crippen LogP contribution is -2.08. The van der Waals surface area contributed by atoms with Crippen molar-refractivity contribution in [3.8, 4) is 24.1 Å². The third-order valence-electron chi connectivity index (χ3n) is 3.29. The molecular formula is C18H10Cl2N2O5. The monoisotopic (exact) mass is 404 g/mol. The van der Waals surface area contributed by atoms with Gasteiger partial charge in [0.05, 0.1) is 0 Å². The van der Waals surface area contributed by atoms with E-state index in [-0.39, 0.29) is 0 Å². The molecule has 0 saturated heterocycles. The molecule has 0 radical (unpaired) electrons. The Labute approximate surface area is 164 Å². The zero-order valence-corrected chi connectivity index (χ0v) is 15.0. The number of nitro groups is 2. The molecule has 2 aromatic rings. The van der Waals surface area contributed by atoms with Crippen molar-refractivity contribution >= 4 is 23.2 Å². The van der Waals surface area contributed by atoms with Crippen LogP contribution in [0.3, 0.4) is 0 Å². The summed E-state index contributed by atoms with van der Waals surface area (Å²) in [5.41, 5.74) is 0.635. The molecule has 0 aliphatic rings. The summed E-state index contributed by atoms with van der Waals surface area (Å²) < 4.78 is 4.70. The Morgan fingerprint density at radius 3 is 1.37 bits per heavy atom. The maximum Gasteiger partial charge on any atom is 0.300 e. The summed E-state index contributed by atoms with van der Waals surface area (Å²) in [7, 11) is 0. The number of halogens is 2. The number of benzene rings is 2. The Bertz CT molecular complexity index is 874. The van der Waals surface area contributed by atoms with E-state index in [2.05, 4.69) is 24.1 Å². The van der Waals surface area contributed by atoms with Crippen LogP contribution >= 0.6 is 23.2 Å². The van der Waals surface area contributed by atoms with Crippen molar-refractivity contribution in [2.75, 3.05) is 0 Å². The van der Waals surface area contributed by atoms with Gasteiger partial charge in [-0.1, -0.05) is 23.2 Å². The quantitative estimate of drug-likeness (QED) is 0.430. The molecule has 2 aromatic carbocycles. The minimum Gasteiger partial charge on any atom is -0.356 e. The number of hydrogen-bond donors (Lipinski definition) is 0. The molecule has 0 saturated carbocycles. The highest BCUT2D eigenvalue weighted by atomic mass is 35.5. The van der Waals surface area contributed by atoms with Crippen LogP contribution in [0.5, 0.6) is 0 Å². The molecule has 0 spiro atoms. The fourth-order valence-electron chi connectivity index (χ4n) is 2.00. The van der Waals surface area contributed by atoms with Crippen molar-refractivity contribution in [3.05, 3.63) is 89.9 Å². The van der Waals surface area contributed by atoms with E-state index < -0.39 is 21.9 Å². The van der Waals surface area contributed by atoms with Crippen LogP contribution in [0.25, 0.3) is 0 Å². The number of hydrogen-bond acceptors (Lipinski definition) is 5. The second-order valence-corrected chi connectivity index (χ2v) is 5.95. The van der Waals surface area contributed by atoms with E-state index in [0.29, 0.717) is 21.2 Å². The first-order valence-corrected chi connectivity index (χ1v) is 8.09. The van der Waals surface area contributed by atoms with Crippen LogP contribution < -0.4 is 0 Å².